The molecule has 3 N–H and O–H groups in total. The number of nitrogens with one attached hydrogen (secondary N) is 3. The van der Waals surface area contributed by atoms with Crippen LogP contribution in [0.3, 0.4) is 0 Å². The summed E-state index contributed by atoms with van der Waals surface area (Å²) in [7, 11) is 3.28. The van der Waals surface area contributed by atoms with E-state index in [2.05, 4.69) is 16.0 Å². The number of amides is 4. The van der Waals surface area contributed by atoms with Gasteiger partial charge >= 0.3 is 6.03 Å². The number of hydrogen-bond donors (Lipinski definition) is 3. The van der Waals surface area contributed by atoms with E-state index in [4.69, 9.17) is 0 Å². The molecule has 0 radical (unpaired) electrons. The zero-order valence-corrected chi connectivity index (χ0v) is 15.1. The van der Waals surface area contributed by atoms with Gasteiger partial charge in [-0.2, -0.15) is 0 Å². The van der Waals surface area contributed by atoms with E-state index in [1.165, 1.54) is 18.2 Å². The maximum atomic E-state index is 13.5. The highest BCUT2D eigenvalue weighted by Crippen LogP contribution is 2.11. The number of imide groups is 1. The highest BCUT2D eigenvalue weighted by molar-refractivity contribution is 6.01. The molecule has 0 fully saturated rings. The average molecular weight is 372 g/mol. The summed E-state index contributed by atoms with van der Waals surface area (Å²) in [6.07, 6.45) is 0. The number of anilines is 1. The lowest BCUT2D eigenvalue weighted by molar-refractivity contribution is -0.120. The van der Waals surface area contributed by atoms with E-state index >= 15 is 0 Å². The Bertz CT molecular complexity index is 824. The highest BCUT2D eigenvalue weighted by Gasteiger charge is 2.12. The van der Waals surface area contributed by atoms with E-state index < -0.39 is 17.8 Å². The normalized spacial score (nSPS) is 10.4. The van der Waals surface area contributed by atoms with Gasteiger partial charge in [0.1, 0.15) is 5.82 Å². The van der Waals surface area contributed by atoms with Crippen LogP contribution in [0.25, 0.3) is 0 Å². The lowest BCUT2D eigenvalue weighted by Gasteiger charge is -2.16. The predicted molar refractivity (Wildman–Crippen MR) is 99.7 cm³/mol. The van der Waals surface area contributed by atoms with Gasteiger partial charge in [-0.1, -0.05) is 24.3 Å². The summed E-state index contributed by atoms with van der Waals surface area (Å²) in [5.74, 6) is -1.28. The van der Waals surface area contributed by atoms with Crippen molar-refractivity contribution in [3.63, 3.8) is 0 Å². The Labute approximate surface area is 156 Å². The van der Waals surface area contributed by atoms with Crippen molar-refractivity contribution in [2.75, 3.05) is 26.0 Å². The van der Waals surface area contributed by atoms with Gasteiger partial charge in [0.05, 0.1) is 12.2 Å². The van der Waals surface area contributed by atoms with Crippen LogP contribution in [-0.2, 0) is 11.3 Å². The Morgan fingerprint density at radius 2 is 1.70 bits per heavy atom. The van der Waals surface area contributed by atoms with Crippen LogP contribution in [0.15, 0.2) is 48.5 Å². The molecule has 4 amide bonds. The summed E-state index contributed by atoms with van der Waals surface area (Å²) in [5.41, 5.74) is 1.45. The SMILES string of the molecule is CNC(=O)c1ccc(CN(C)CC(=O)NC(=O)Nc2ccccc2F)cc1. The molecule has 27 heavy (non-hydrogen) atoms. The van der Waals surface area contributed by atoms with E-state index in [0.717, 1.165) is 5.56 Å². The molecule has 2 aromatic carbocycles. The molecule has 0 aliphatic carbocycles. The summed E-state index contributed by atoms with van der Waals surface area (Å²) >= 11 is 0. The topological polar surface area (TPSA) is 90.5 Å². The highest BCUT2D eigenvalue weighted by atomic mass is 19.1. The number of carbonyl (C=O) groups excluding carboxylic acids is 3. The van der Waals surface area contributed by atoms with Gasteiger partial charge in [-0.05, 0) is 36.9 Å². The molecule has 0 spiro atoms. The molecule has 0 bridgehead atoms. The van der Waals surface area contributed by atoms with Crippen molar-refractivity contribution >= 4 is 23.5 Å². The van der Waals surface area contributed by atoms with Gasteiger partial charge in [0.2, 0.25) is 5.91 Å². The van der Waals surface area contributed by atoms with E-state index in [1.807, 2.05) is 0 Å². The maximum Gasteiger partial charge on any atom is 0.326 e. The second-order valence-electron chi connectivity index (χ2n) is 5.93. The molecular weight excluding hydrogens is 351 g/mol. The van der Waals surface area contributed by atoms with E-state index in [-0.39, 0.29) is 18.1 Å². The average Bonchev–Trinajstić information content (AvgIpc) is 2.63. The number of likely N-dealkylation sites (N-methyl/N-ethyl adjacent to an activating group) is 1. The second kappa shape index (κ2) is 9.44. The molecule has 0 unspecified atom stereocenters. The largest absolute Gasteiger partial charge is 0.355 e. The number of urea groups is 1. The fourth-order valence-corrected chi connectivity index (χ4v) is 2.40. The standard InChI is InChI=1S/C19H21FN4O3/c1-21-18(26)14-9-7-13(8-10-14)11-24(2)12-17(25)23-19(27)22-16-6-4-3-5-15(16)20/h3-10H,11-12H2,1-2H3,(H,21,26)(H2,22,23,25,27). The molecular formula is C19H21FN4O3. The molecule has 0 saturated heterocycles. The summed E-state index contributed by atoms with van der Waals surface area (Å²) < 4.78 is 13.5. The molecule has 142 valence electrons. The van der Waals surface area contributed by atoms with Gasteiger partial charge in [0.15, 0.2) is 0 Å². The van der Waals surface area contributed by atoms with Crippen molar-refractivity contribution < 1.29 is 18.8 Å². The van der Waals surface area contributed by atoms with Crippen LogP contribution in [0, 0.1) is 5.82 Å². The number of carbonyl (C=O) groups is 3. The number of benzene rings is 2. The summed E-state index contributed by atoms with van der Waals surface area (Å²) in [6.45, 7) is 0.429. The molecule has 0 aliphatic heterocycles. The van der Waals surface area contributed by atoms with E-state index in [0.29, 0.717) is 12.1 Å². The van der Waals surface area contributed by atoms with Crippen LogP contribution in [0.2, 0.25) is 0 Å². The van der Waals surface area contributed by atoms with Crippen LogP contribution in [-0.4, -0.2) is 43.4 Å². The van der Waals surface area contributed by atoms with Crippen LogP contribution in [0.5, 0.6) is 0 Å². The Balaban J connectivity index is 1.82. The van der Waals surface area contributed by atoms with Gasteiger partial charge in [0, 0.05) is 19.2 Å². The first-order valence-corrected chi connectivity index (χ1v) is 8.24. The fraction of sp³-hybridized carbons (Fsp3) is 0.211. The quantitative estimate of drug-likeness (QED) is 0.723. The van der Waals surface area contributed by atoms with Gasteiger partial charge in [0.25, 0.3) is 5.91 Å². The number of nitrogens with zero attached hydrogens (tertiary/aromatic N) is 1. The Kier molecular flexibility index (Phi) is 7.01. The molecule has 8 heteroatoms. The smallest absolute Gasteiger partial charge is 0.326 e. The van der Waals surface area contributed by atoms with Gasteiger partial charge in [-0.3, -0.25) is 19.8 Å². The van der Waals surface area contributed by atoms with E-state index in [9.17, 15) is 18.8 Å². The molecule has 0 aromatic heterocycles. The van der Waals surface area contributed by atoms with Crippen molar-refractivity contribution in [1.29, 1.82) is 0 Å². The Morgan fingerprint density at radius 3 is 2.33 bits per heavy atom. The minimum absolute atomic E-state index is 0.00707. The molecule has 0 heterocycles. The fourth-order valence-electron chi connectivity index (χ4n) is 2.40. The third-order valence-corrected chi connectivity index (χ3v) is 3.68. The van der Waals surface area contributed by atoms with Crippen LogP contribution >= 0.6 is 0 Å². The van der Waals surface area contributed by atoms with Crippen LogP contribution in [0.1, 0.15) is 15.9 Å². The van der Waals surface area contributed by atoms with Gasteiger partial charge < -0.3 is 10.6 Å². The second-order valence-corrected chi connectivity index (χ2v) is 5.93. The molecule has 2 rings (SSSR count). The zero-order chi connectivity index (χ0) is 19.8. The lowest BCUT2D eigenvalue weighted by Crippen LogP contribution is -2.40. The Morgan fingerprint density at radius 1 is 1.04 bits per heavy atom. The van der Waals surface area contributed by atoms with Gasteiger partial charge in [-0.25, -0.2) is 9.18 Å². The number of rotatable bonds is 6. The minimum atomic E-state index is -0.798. The summed E-state index contributed by atoms with van der Waals surface area (Å²) in [6, 6.07) is 11.9. The Hall–Kier alpha value is -3.26. The van der Waals surface area contributed by atoms with E-state index in [1.54, 1.807) is 49.3 Å². The number of para-hydroxylation sites is 1. The monoisotopic (exact) mass is 372 g/mol. The summed E-state index contributed by atoms with van der Waals surface area (Å²) in [5, 5.41) is 6.98. The van der Waals surface area contributed by atoms with Gasteiger partial charge in [-0.15, -0.1) is 0 Å². The van der Waals surface area contributed by atoms with Crippen LogP contribution < -0.4 is 16.0 Å². The minimum Gasteiger partial charge on any atom is -0.355 e. The summed E-state index contributed by atoms with van der Waals surface area (Å²) in [4.78, 5) is 37.0. The molecule has 0 atom stereocenters. The molecule has 2 aromatic rings. The maximum absolute atomic E-state index is 13.5. The first-order valence-electron chi connectivity index (χ1n) is 8.24. The van der Waals surface area contributed by atoms with Crippen molar-refractivity contribution in [3.8, 4) is 0 Å². The number of halogens is 1. The third kappa shape index (κ3) is 6.19. The first kappa shape index (κ1) is 20.1. The first-order chi connectivity index (χ1) is 12.9. The zero-order valence-electron chi connectivity index (χ0n) is 15.1. The third-order valence-electron chi connectivity index (χ3n) is 3.68. The van der Waals surface area contributed by atoms with Crippen molar-refractivity contribution in [2.45, 2.75) is 6.54 Å². The van der Waals surface area contributed by atoms with Crippen molar-refractivity contribution in [2.24, 2.45) is 0 Å². The lowest BCUT2D eigenvalue weighted by atomic mass is 10.1. The van der Waals surface area contributed by atoms with Crippen LogP contribution in [0.4, 0.5) is 14.9 Å². The molecule has 0 saturated carbocycles. The van der Waals surface area contributed by atoms with Crippen molar-refractivity contribution in [3.05, 3.63) is 65.5 Å². The molecule has 7 nitrogen and oxygen atoms in total. The van der Waals surface area contributed by atoms with Crippen molar-refractivity contribution in [1.82, 2.24) is 15.5 Å². The number of hydrogen-bond acceptors (Lipinski definition) is 4. The molecule has 0 aliphatic rings. The predicted octanol–water partition coefficient (Wildman–Crippen LogP) is 1.97.